The topological polar surface area (TPSA) is 29.3 Å². The second kappa shape index (κ2) is 6.93. The highest BCUT2D eigenvalue weighted by Crippen LogP contribution is 2.42. The molecular weight excluding hydrogens is 256 g/mol. The van der Waals surface area contributed by atoms with E-state index >= 15 is 0 Å². The van der Waals surface area contributed by atoms with Crippen LogP contribution in [-0.2, 0) is 0 Å². The van der Waals surface area contributed by atoms with E-state index in [4.69, 9.17) is 5.73 Å². The maximum absolute atomic E-state index is 6.81. The smallest absolute Gasteiger partial charge is 0.0482 e. The minimum Gasteiger partial charge on any atom is -0.322 e. The zero-order chi connectivity index (χ0) is 15.5. The van der Waals surface area contributed by atoms with Gasteiger partial charge in [-0.2, -0.15) is 0 Å². The van der Waals surface area contributed by atoms with Crippen LogP contribution in [-0.4, -0.2) is 23.5 Å². The largest absolute Gasteiger partial charge is 0.322 e. The van der Waals surface area contributed by atoms with Crippen LogP contribution in [0.3, 0.4) is 0 Å². The summed E-state index contributed by atoms with van der Waals surface area (Å²) in [4.78, 5) is 2.52. The molecule has 0 aromatic heterocycles. The Labute approximate surface area is 130 Å². The molecule has 2 N–H and O–H groups in total. The number of nitrogens with zero attached hydrogens (tertiary/aromatic N) is 1. The Balaban J connectivity index is 2.35. The summed E-state index contributed by atoms with van der Waals surface area (Å²) >= 11 is 0. The summed E-state index contributed by atoms with van der Waals surface area (Å²) in [5.41, 5.74) is 9.72. The summed E-state index contributed by atoms with van der Waals surface area (Å²) in [6.07, 6.45) is 5.11. The van der Waals surface area contributed by atoms with Crippen LogP contribution in [0.4, 0.5) is 0 Å². The molecular formula is C19H32N2. The van der Waals surface area contributed by atoms with Crippen LogP contribution in [0.25, 0.3) is 0 Å². The third kappa shape index (κ3) is 3.02. The van der Waals surface area contributed by atoms with E-state index in [1.165, 1.54) is 30.4 Å². The summed E-state index contributed by atoms with van der Waals surface area (Å²) < 4.78 is 0. The van der Waals surface area contributed by atoms with Crippen LogP contribution >= 0.6 is 0 Å². The second-order valence-corrected chi connectivity index (χ2v) is 6.62. The van der Waals surface area contributed by atoms with Gasteiger partial charge in [0, 0.05) is 11.6 Å². The van der Waals surface area contributed by atoms with Crippen LogP contribution < -0.4 is 5.73 Å². The van der Waals surface area contributed by atoms with Gasteiger partial charge < -0.3 is 5.73 Å². The normalized spacial score (nSPS) is 20.1. The fourth-order valence-electron chi connectivity index (χ4n) is 3.81. The van der Waals surface area contributed by atoms with Gasteiger partial charge in [0.05, 0.1) is 0 Å². The Morgan fingerprint density at radius 3 is 2.29 bits per heavy atom. The molecule has 0 radical (unpaired) electrons. The van der Waals surface area contributed by atoms with Gasteiger partial charge >= 0.3 is 0 Å². The molecule has 0 spiro atoms. The molecule has 2 rings (SSSR count). The van der Waals surface area contributed by atoms with Gasteiger partial charge in [-0.25, -0.2) is 0 Å². The number of rotatable bonds is 7. The van der Waals surface area contributed by atoms with Gasteiger partial charge in [0.2, 0.25) is 0 Å². The molecule has 1 saturated carbocycles. The van der Waals surface area contributed by atoms with E-state index < -0.39 is 0 Å². The van der Waals surface area contributed by atoms with Crippen molar-refractivity contribution in [3.05, 3.63) is 35.4 Å². The lowest BCUT2D eigenvalue weighted by atomic mass is 9.74. The van der Waals surface area contributed by atoms with Gasteiger partial charge in [-0.3, -0.25) is 4.90 Å². The first-order valence-corrected chi connectivity index (χ1v) is 8.67. The Morgan fingerprint density at radius 2 is 1.81 bits per heavy atom. The Kier molecular flexibility index (Phi) is 5.45. The Bertz CT molecular complexity index is 449. The number of benzene rings is 1. The Morgan fingerprint density at radius 1 is 1.19 bits per heavy atom. The van der Waals surface area contributed by atoms with Gasteiger partial charge in [0.1, 0.15) is 0 Å². The first-order chi connectivity index (χ1) is 10.1. The van der Waals surface area contributed by atoms with E-state index in [1.54, 1.807) is 0 Å². The van der Waals surface area contributed by atoms with Crippen LogP contribution in [0.15, 0.2) is 24.3 Å². The van der Waals surface area contributed by atoms with Crippen LogP contribution in [0.2, 0.25) is 0 Å². The summed E-state index contributed by atoms with van der Waals surface area (Å²) in [6.45, 7) is 11.2. The van der Waals surface area contributed by atoms with Crippen molar-refractivity contribution >= 4 is 0 Å². The fourth-order valence-corrected chi connectivity index (χ4v) is 3.81. The SMILES string of the molecule is CCN(CC)C(C)(CC)C(N)c1ccccc1C1CCC1. The fraction of sp³-hybridized carbons (Fsp3) is 0.684. The number of likely N-dealkylation sites (N-methyl/N-ethyl adjacent to an activating group) is 1. The molecule has 0 saturated heterocycles. The molecule has 0 amide bonds. The van der Waals surface area contributed by atoms with Gasteiger partial charge in [0.25, 0.3) is 0 Å². The number of nitrogens with two attached hydrogens (primary N) is 1. The third-order valence-corrected chi connectivity index (χ3v) is 5.75. The lowest BCUT2D eigenvalue weighted by Gasteiger charge is -2.45. The van der Waals surface area contributed by atoms with Gasteiger partial charge in [-0.1, -0.05) is 51.5 Å². The van der Waals surface area contributed by atoms with Gasteiger partial charge in [-0.05, 0) is 56.3 Å². The van der Waals surface area contributed by atoms with Crippen LogP contribution in [0.1, 0.15) is 76.5 Å². The minimum atomic E-state index is 0.0311. The van der Waals surface area contributed by atoms with E-state index in [9.17, 15) is 0 Å². The molecule has 0 bridgehead atoms. The monoisotopic (exact) mass is 288 g/mol. The highest BCUT2D eigenvalue weighted by atomic mass is 15.2. The molecule has 0 heterocycles. The maximum Gasteiger partial charge on any atom is 0.0482 e. The third-order valence-electron chi connectivity index (χ3n) is 5.75. The lowest BCUT2D eigenvalue weighted by molar-refractivity contribution is 0.0838. The van der Waals surface area contributed by atoms with Crippen molar-refractivity contribution in [1.29, 1.82) is 0 Å². The summed E-state index contributed by atoms with van der Waals surface area (Å²) in [7, 11) is 0. The number of hydrogen-bond donors (Lipinski definition) is 1. The second-order valence-electron chi connectivity index (χ2n) is 6.62. The molecule has 1 aliphatic rings. The van der Waals surface area contributed by atoms with Crippen molar-refractivity contribution in [1.82, 2.24) is 4.90 Å². The van der Waals surface area contributed by atoms with Crippen molar-refractivity contribution in [2.24, 2.45) is 5.73 Å². The van der Waals surface area contributed by atoms with E-state index in [-0.39, 0.29) is 11.6 Å². The zero-order valence-electron chi connectivity index (χ0n) is 14.2. The van der Waals surface area contributed by atoms with Crippen LogP contribution in [0.5, 0.6) is 0 Å². The quantitative estimate of drug-likeness (QED) is 0.802. The highest BCUT2D eigenvalue weighted by Gasteiger charge is 2.37. The molecule has 1 aromatic rings. The molecule has 21 heavy (non-hydrogen) atoms. The van der Waals surface area contributed by atoms with Crippen molar-refractivity contribution in [2.45, 2.75) is 70.9 Å². The molecule has 2 heteroatoms. The summed E-state index contributed by atoms with van der Waals surface area (Å²) in [6, 6.07) is 8.96. The zero-order valence-corrected chi connectivity index (χ0v) is 14.2. The molecule has 2 nitrogen and oxygen atoms in total. The Hall–Kier alpha value is -0.860. The van der Waals surface area contributed by atoms with Crippen molar-refractivity contribution < 1.29 is 0 Å². The standard InChI is InChI=1S/C19H32N2/c1-5-19(4,21(6-2)7-3)18(20)17-14-9-8-13-16(17)15-11-10-12-15/h8-9,13-15,18H,5-7,10-12,20H2,1-4H3. The highest BCUT2D eigenvalue weighted by molar-refractivity contribution is 5.36. The molecule has 2 unspecified atom stereocenters. The minimum absolute atomic E-state index is 0.0311. The van der Waals surface area contributed by atoms with Crippen molar-refractivity contribution in [3.63, 3.8) is 0 Å². The maximum atomic E-state index is 6.81. The molecule has 2 atom stereocenters. The predicted octanol–water partition coefficient (Wildman–Crippen LogP) is 4.46. The summed E-state index contributed by atoms with van der Waals surface area (Å²) in [5.74, 6) is 0.741. The summed E-state index contributed by atoms with van der Waals surface area (Å²) in [5, 5.41) is 0. The van der Waals surface area contributed by atoms with Gasteiger partial charge in [0.15, 0.2) is 0 Å². The van der Waals surface area contributed by atoms with Crippen LogP contribution in [0, 0.1) is 0 Å². The molecule has 1 fully saturated rings. The molecule has 118 valence electrons. The number of hydrogen-bond acceptors (Lipinski definition) is 2. The molecule has 0 aliphatic heterocycles. The first-order valence-electron chi connectivity index (χ1n) is 8.67. The van der Waals surface area contributed by atoms with E-state index in [0.29, 0.717) is 0 Å². The van der Waals surface area contributed by atoms with E-state index in [1.807, 2.05) is 0 Å². The van der Waals surface area contributed by atoms with Crippen molar-refractivity contribution in [3.8, 4) is 0 Å². The van der Waals surface area contributed by atoms with E-state index in [2.05, 4.69) is 56.9 Å². The van der Waals surface area contributed by atoms with Gasteiger partial charge in [-0.15, -0.1) is 0 Å². The lowest BCUT2D eigenvalue weighted by Crippen LogP contribution is -2.53. The van der Waals surface area contributed by atoms with Crippen molar-refractivity contribution in [2.75, 3.05) is 13.1 Å². The predicted molar refractivity (Wildman–Crippen MR) is 91.6 cm³/mol. The molecule has 1 aliphatic carbocycles. The average molecular weight is 288 g/mol. The average Bonchev–Trinajstić information content (AvgIpc) is 2.46. The van der Waals surface area contributed by atoms with E-state index in [0.717, 1.165) is 25.4 Å². The molecule has 1 aromatic carbocycles. The first kappa shape index (κ1) is 16.5.